The highest BCUT2D eigenvalue weighted by Crippen LogP contribution is 2.37. The molecule has 1 N–H and O–H groups in total. The SMILES string of the molecule is COc1ccc(-c2noc(CN3C(=O)N[C@](c4ccccc4)(c4ccc(C)c(C)c4)C3=O)n2)cc1OC. The van der Waals surface area contributed by atoms with Crippen LogP contribution in [0.15, 0.2) is 71.3 Å². The molecular weight excluding hydrogens is 472 g/mol. The largest absolute Gasteiger partial charge is 0.493 e. The van der Waals surface area contributed by atoms with E-state index in [0.29, 0.717) is 34.0 Å². The molecular formula is C28H26N4O5. The van der Waals surface area contributed by atoms with Gasteiger partial charge in [-0.1, -0.05) is 53.7 Å². The van der Waals surface area contributed by atoms with Crippen LogP contribution in [0.4, 0.5) is 4.79 Å². The van der Waals surface area contributed by atoms with Crippen molar-refractivity contribution in [2.24, 2.45) is 0 Å². The summed E-state index contributed by atoms with van der Waals surface area (Å²) in [7, 11) is 3.09. The van der Waals surface area contributed by atoms with Crippen LogP contribution in [-0.2, 0) is 16.9 Å². The van der Waals surface area contributed by atoms with Crippen LogP contribution in [0.1, 0.15) is 28.1 Å². The fourth-order valence-electron chi connectivity index (χ4n) is 4.49. The summed E-state index contributed by atoms with van der Waals surface area (Å²) in [5.41, 5.74) is 2.72. The Bertz CT molecular complexity index is 1480. The fourth-order valence-corrected chi connectivity index (χ4v) is 4.49. The van der Waals surface area contributed by atoms with E-state index in [4.69, 9.17) is 14.0 Å². The molecule has 1 atom stereocenters. The summed E-state index contributed by atoms with van der Waals surface area (Å²) in [5, 5.41) is 6.98. The number of ether oxygens (including phenoxy) is 2. The number of aryl methyl sites for hydroxylation is 2. The van der Waals surface area contributed by atoms with E-state index >= 15 is 0 Å². The summed E-state index contributed by atoms with van der Waals surface area (Å²) < 4.78 is 16.0. The van der Waals surface area contributed by atoms with Crippen molar-refractivity contribution >= 4 is 11.9 Å². The van der Waals surface area contributed by atoms with Crippen molar-refractivity contribution in [1.82, 2.24) is 20.4 Å². The predicted octanol–water partition coefficient (Wildman–Crippen LogP) is 4.37. The Labute approximate surface area is 214 Å². The standard InChI is InChI=1S/C28H26N4O5/c1-17-10-12-21(14-18(17)2)28(20-8-6-5-7-9-20)26(33)32(27(34)30-28)16-24-29-25(31-37-24)19-11-13-22(35-3)23(15-19)36-4/h5-15H,16H2,1-4H3,(H,30,34)/t28-/m1/s1. The minimum absolute atomic E-state index is 0.122. The van der Waals surface area contributed by atoms with Crippen LogP contribution in [-0.4, -0.2) is 41.2 Å². The van der Waals surface area contributed by atoms with Gasteiger partial charge in [-0.15, -0.1) is 0 Å². The second-order valence-corrected chi connectivity index (χ2v) is 8.82. The summed E-state index contributed by atoms with van der Waals surface area (Å²) >= 11 is 0. The Morgan fingerprint density at radius 3 is 2.35 bits per heavy atom. The number of aromatic nitrogens is 2. The third kappa shape index (κ3) is 4.08. The lowest BCUT2D eigenvalue weighted by molar-refractivity contribution is -0.130. The van der Waals surface area contributed by atoms with Crippen LogP contribution >= 0.6 is 0 Å². The molecule has 1 aliphatic heterocycles. The zero-order chi connectivity index (χ0) is 26.2. The fraction of sp³-hybridized carbons (Fsp3) is 0.214. The molecule has 1 aromatic heterocycles. The Morgan fingerprint density at radius 2 is 1.65 bits per heavy atom. The Morgan fingerprint density at radius 1 is 0.892 bits per heavy atom. The first-order valence-electron chi connectivity index (χ1n) is 11.7. The quantitative estimate of drug-likeness (QED) is 0.377. The van der Waals surface area contributed by atoms with Gasteiger partial charge in [0.2, 0.25) is 11.7 Å². The van der Waals surface area contributed by atoms with Crippen LogP contribution < -0.4 is 14.8 Å². The number of nitrogens with one attached hydrogen (secondary N) is 1. The Hall–Kier alpha value is -4.66. The number of urea groups is 1. The number of rotatable bonds is 7. The first-order chi connectivity index (χ1) is 17.9. The van der Waals surface area contributed by atoms with Crippen molar-refractivity contribution in [1.29, 1.82) is 0 Å². The van der Waals surface area contributed by atoms with E-state index in [0.717, 1.165) is 16.0 Å². The maximum absolute atomic E-state index is 14.0. The van der Waals surface area contributed by atoms with Gasteiger partial charge in [-0.3, -0.25) is 9.69 Å². The van der Waals surface area contributed by atoms with Crippen molar-refractivity contribution in [2.75, 3.05) is 14.2 Å². The number of amides is 3. The molecule has 3 aromatic carbocycles. The summed E-state index contributed by atoms with van der Waals surface area (Å²) in [6, 6.07) is 19.7. The maximum atomic E-state index is 14.0. The van der Waals surface area contributed by atoms with E-state index in [1.807, 2.05) is 62.4 Å². The highest BCUT2D eigenvalue weighted by Gasteiger charge is 2.54. The maximum Gasteiger partial charge on any atom is 0.326 e. The summed E-state index contributed by atoms with van der Waals surface area (Å²) in [6.07, 6.45) is 0. The Balaban J connectivity index is 1.48. The summed E-state index contributed by atoms with van der Waals surface area (Å²) in [6.45, 7) is 3.80. The number of carbonyl (C=O) groups is 2. The van der Waals surface area contributed by atoms with Gasteiger partial charge in [-0.05, 0) is 54.3 Å². The number of carbonyl (C=O) groups excluding carboxylic acids is 2. The zero-order valence-electron chi connectivity index (χ0n) is 20.9. The third-order valence-electron chi connectivity index (χ3n) is 6.66. The minimum Gasteiger partial charge on any atom is -0.493 e. The number of hydrogen-bond acceptors (Lipinski definition) is 7. The normalized spacial score (nSPS) is 17.1. The smallest absolute Gasteiger partial charge is 0.326 e. The lowest BCUT2D eigenvalue weighted by Crippen LogP contribution is -2.45. The molecule has 0 radical (unpaired) electrons. The van der Waals surface area contributed by atoms with Crippen LogP contribution in [0, 0.1) is 13.8 Å². The molecule has 0 aliphatic carbocycles. The van der Waals surface area contributed by atoms with Crippen molar-refractivity contribution in [3.05, 3.63) is 94.9 Å². The molecule has 5 rings (SSSR count). The molecule has 0 unspecified atom stereocenters. The first kappa shape index (κ1) is 24.1. The highest BCUT2D eigenvalue weighted by atomic mass is 16.5. The van der Waals surface area contributed by atoms with Gasteiger partial charge in [0.1, 0.15) is 6.54 Å². The van der Waals surface area contributed by atoms with Gasteiger partial charge < -0.3 is 19.3 Å². The van der Waals surface area contributed by atoms with E-state index in [9.17, 15) is 9.59 Å². The summed E-state index contributed by atoms with van der Waals surface area (Å²) in [4.78, 5) is 32.7. The number of nitrogens with zero attached hydrogens (tertiary/aromatic N) is 3. The number of imide groups is 1. The molecule has 1 aliphatic rings. The molecule has 0 saturated carbocycles. The molecule has 4 aromatic rings. The van der Waals surface area contributed by atoms with Gasteiger partial charge in [0.25, 0.3) is 5.91 Å². The van der Waals surface area contributed by atoms with Gasteiger partial charge >= 0.3 is 6.03 Å². The molecule has 0 spiro atoms. The molecule has 3 amide bonds. The molecule has 37 heavy (non-hydrogen) atoms. The van der Waals surface area contributed by atoms with Gasteiger partial charge in [-0.2, -0.15) is 4.98 Å². The lowest BCUT2D eigenvalue weighted by Gasteiger charge is -2.28. The minimum atomic E-state index is -1.37. The summed E-state index contributed by atoms with van der Waals surface area (Å²) in [5.74, 6) is 1.08. The number of hydrogen-bond donors (Lipinski definition) is 1. The van der Waals surface area contributed by atoms with Gasteiger partial charge in [-0.25, -0.2) is 4.79 Å². The van der Waals surface area contributed by atoms with E-state index in [1.165, 1.54) is 7.11 Å². The number of benzene rings is 3. The molecule has 0 bridgehead atoms. The number of methoxy groups -OCH3 is 2. The topological polar surface area (TPSA) is 107 Å². The van der Waals surface area contributed by atoms with E-state index in [1.54, 1.807) is 25.3 Å². The van der Waals surface area contributed by atoms with Crippen molar-refractivity contribution in [3.63, 3.8) is 0 Å². The lowest BCUT2D eigenvalue weighted by atomic mass is 9.81. The molecule has 1 fully saturated rings. The van der Waals surface area contributed by atoms with Gasteiger partial charge in [0.05, 0.1) is 14.2 Å². The van der Waals surface area contributed by atoms with Crippen molar-refractivity contribution in [2.45, 2.75) is 25.9 Å². The average molecular weight is 499 g/mol. The molecule has 9 heteroatoms. The van der Waals surface area contributed by atoms with Crippen LogP contribution in [0.25, 0.3) is 11.4 Å². The van der Waals surface area contributed by atoms with Crippen LogP contribution in [0.5, 0.6) is 11.5 Å². The average Bonchev–Trinajstić information content (AvgIpc) is 3.49. The van der Waals surface area contributed by atoms with Gasteiger partial charge in [0, 0.05) is 5.56 Å². The third-order valence-corrected chi connectivity index (χ3v) is 6.66. The van der Waals surface area contributed by atoms with Crippen LogP contribution in [0.2, 0.25) is 0 Å². The van der Waals surface area contributed by atoms with Crippen molar-refractivity contribution < 1.29 is 23.6 Å². The molecule has 9 nitrogen and oxygen atoms in total. The first-order valence-corrected chi connectivity index (χ1v) is 11.7. The second kappa shape index (κ2) is 9.42. The van der Waals surface area contributed by atoms with E-state index in [-0.39, 0.29) is 12.4 Å². The highest BCUT2D eigenvalue weighted by molar-refractivity contribution is 6.09. The molecule has 188 valence electrons. The zero-order valence-corrected chi connectivity index (χ0v) is 20.9. The van der Waals surface area contributed by atoms with Crippen molar-refractivity contribution in [3.8, 4) is 22.9 Å². The van der Waals surface area contributed by atoms with E-state index in [2.05, 4.69) is 15.5 Å². The predicted molar refractivity (Wildman–Crippen MR) is 135 cm³/mol. The molecule has 1 saturated heterocycles. The Kier molecular flexibility index (Phi) is 6.12. The molecule has 2 heterocycles. The monoisotopic (exact) mass is 498 g/mol. The van der Waals surface area contributed by atoms with Crippen LogP contribution in [0.3, 0.4) is 0 Å². The van der Waals surface area contributed by atoms with E-state index < -0.39 is 17.5 Å². The second-order valence-electron chi connectivity index (χ2n) is 8.82. The van der Waals surface area contributed by atoms with Gasteiger partial charge in [0.15, 0.2) is 17.0 Å².